The number of aromatic amines is 1. The third-order valence-corrected chi connectivity index (χ3v) is 4.52. The molecular formula is C18H16Cl2N6O4. The molecule has 2 aromatic rings. The van der Waals surface area contributed by atoms with Gasteiger partial charge in [0.1, 0.15) is 6.07 Å². The van der Waals surface area contributed by atoms with E-state index in [1.165, 1.54) is 23.5 Å². The molecule has 0 aliphatic carbocycles. The van der Waals surface area contributed by atoms with Crippen LogP contribution in [-0.2, 0) is 11.2 Å². The summed E-state index contributed by atoms with van der Waals surface area (Å²) in [7, 11) is 0. The maximum atomic E-state index is 11.8. The van der Waals surface area contributed by atoms with Gasteiger partial charge < -0.3 is 5.11 Å². The molecular weight excluding hydrogens is 435 g/mol. The van der Waals surface area contributed by atoms with Gasteiger partial charge in [0.15, 0.2) is 0 Å². The third kappa shape index (κ3) is 5.79. The van der Waals surface area contributed by atoms with Crippen molar-refractivity contribution in [2.45, 2.75) is 26.2 Å². The first-order valence-electron chi connectivity index (χ1n) is 8.46. The SMILES string of the molecule is CC(C)c1cc(Cc2c(Cl)cc(NN=C(C#N)C(=O)NC(=O)O)cc2Cl)n[nH]c1=O. The van der Waals surface area contributed by atoms with Crippen LogP contribution in [0.1, 0.15) is 36.6 Å². The normalized spacial score (nSPS) is 11.1. The number of nitrogens with zero attached hydrogens (tertiary/aromatic N) is 3. The van der Waals surface area contributed by atoms with Crippen molar-refractivity contribution in [3.63, 3.8) is 0 Å². The maximum absolute atomic E-state index is 11.8. The number of aromatic nitrogens is 2. The smallest absolute Gasteiger partial charge is 0.411 e. The van der Waals surface area contributed by atoms with E-state index in [0.29, 0.717) is 16.8 Å². The van der Waals surface area contributed by atoms with Crippen LogP contribution in [-0.4, -0.2) is 33.0 Å². The van der Waals surface area contributed by atoms with Gasteiger partial charge in [0.05, 0.1) is 11.4 Å². The highest BCUT2D eigenvalue weighted by atomic mass is 35.5. The summed E-state index contributed by atoms with van der Waals surface area (Å²) in [5, 5.41) is 29.5. The number of imide groups is 1. The van der Waals surface area contributed by atoms with Gasteiger partial charge in [0, 0.05) is 22.0 Å². The fourth-order valence-corrected chi connectivity index (χ4v) is 3.03. The zero-order valence-corrected chi connectivity index (χ0v) is 17.3. The second-order valence-electron chi connectivity index (χ2n) is 6.34. The van der Waals surface area contributed by atoms with Crippen molar-refractivity contribution in [3.05, 3.63) is 55.4 Å². The highest BCUT2D eigenvalue weighted by Gasteiger charge is 2.15. The average Bonchev–Trinajstić information content (AvgIpc) is 2.65. The van der Waals surface area contributed by atoms with Crippen LogP contribution in [0.2, 0.25) is 10.0 Å². The summed E-state index contributed by atoms with van der Waals surface area (Å²) >= 11 is 12.6. The second kappa shape index (κ2) is 9.87. The summed E-state index contributed by atoms with van der Waals surface area (Å²) in [6.45, 7) is 3.78. The summed E-state index contributed by atoms with van der Waals surface area (Å²) in [6, 6.07) is 6.09. The Labute approximate surface area is 180 Å². The van der Waals surface area contributed by atoms with Crippen LogP contribution in [0, 0.1) is 11.3 Å². The number of carbonyl (C=O) groups excluding carboxylic acids is 1. The van der Waals surface area contributed by atoms with E-state index >= 15 is 0 Å². The number of nitriles is 1. The number of hydrogen-bond acceptors (Lipinski definition) is 7. The second-order valence-corrected chi connectivity index (χ2v) is 7.15. The zero-order chi connectivity index (χ0) is 22.4. The van der Waals surface area contributed by atoms with Gasteiger partial charge >= 0.3 is 6.09 Å². The number of hydrazone groups is 1. The Morgan fingerprint density at radius 2 is 1.93 bits per heavy atom. The number of hydrogen-bond donors (Lipinski definition) is 4. The molecule has 0 aliphatic heterocycles. The number of carbonyl (C=O) groups is 2. The van der Waals surface area contributed by atoms with Gasteiger partial charge in [-0.1, -0.05) is 37.0 Å². The third-order valence-electron chi connectivity index (χ3n) is 3.84. The van der Waals surface area contributed by atoms with Crippen LogP contribution in [0.4, 0.5) is 10.5 Å². The average molecular weight is 451 g/mol. The molecule has 0 atom stereocenters. The fourth-order valence-electron chi connectivity index (χ4n) is 2.40. The molecule has 1 heterocycles. The molecule has 30 heavy (non-hydrogen) atoms. The van der Waals surface area contributed by atoms with Crippen LogP contribution in [0.3, 0.4) is 0 Å². The van der Waals surface area contributed by atoms with Crippen LogP contribution in [0.5, 0.6) is 0 Å². The molecule has 2 rings (SSSR count). The molecule has 0 saturated carbocycles. The Morgan fingerprint density at radius 1 is 1.30 bits per heavy atom. The van der Waals surface area contributed by atoms with Gasteiger partial charge in [-0.05, 0) is 29.7 Å². The van der Waals surface area contributed by atoms with E-state index in [-0.39, 0.29) is 33.6 Å². The first kappa shape index (κ1) is 22.9. The molecule has 2 amide bonds. The number of H-pyrrole nitrogens is 1. The van der Waals surface area contributed by atoms with Gasteiger partial charge in [-0.3, -0.25) is 20.3 Å². The van der Waals surface area contributed by atoms with E-state index in [1.54, 1.807) is 6.07 Å². The lowest BCUT2D eigenvalue weighted by Crippen LogP contribution is -2.34. The van der Waals surface area contributed by atoms with Gasteiger partial charge in [-0.2, -0.15) is 15.5 Å². The van der Waals surface area contributed by atoms with E-state index in [9.17, 15) is 14.4 Å². The van der Waals surface area contributed by atoms with Gasteiger partial charge in [0.2, 0.25) is 5.71 Å². The predicted octanol–water partition coefficient (Wildman–Crippen LogP) is 2.88. The molecule has 0 bridgehead atoms. The molecule has 0 radical (unpaired) electrons. The molecule has 0 aliphatic rings. The highest BCUT2D eigenvalue weighted by molar-refractivity contribution is 6.46. The minimum Gasteiger partial charge on any atom is -0.465 e. The highest BCUT2D eigenvalue weighted by Crippen LogP contribution is 2.31. The molecule has 0 spiro atoms. The van der Waals surface area contributed by atoms with Crippen LogP contribution in [0.15, 0.2) is 28.1 Å². The number of amides is 2. The van der Waals surface area contributed by atoms with E-state index in [1.807, 2.05) is 13.8 Å². The summed E-state index contributed by atoms with van der Waals surface area (Å²) in [5.41, 5.74) is 3.44. The Morgan fingerprint density at radius 3 is 2.47 bits per heavy atom. The van der Waals surface area contributed by atoms with Crippen molar-refractivity contribution in [1.82, 2.24) is 15.5 Å². The first-order chi connectivity index (χ1) is 14.1. The quantitative estimate of drug-likeness (QED) is 0.388. The van der Waals surface area contributed by atoms with Crippen LogP contribution >= 0.6 is 23.2 Å². The van der Waals surface area contributed by atoms with Crippen molar-refractivity contribution in [1.29, 1.82) is 5.26 Å². The minimum absolute atomic E-state index is 0.0125. The van der Waals surface area contributed by atoms with Gasteiger partial charge in [-0.25, -0.2) is 9.89 Å². The van der Waals surface area contributed by atoms with Crippen molar-refractivity contribution >= 4 is 46.6 Å². The number of anilines is 1. The monoisotopic (exact) mass is 450 g/mol. The number of carboxylic acid groups (broad SMARTS) is 1. The summed E-state index contributed by atoms with van der Waals surface area (Å²) in [4.78, 5) is 33.8. The number of benzene rings is 1. The molecule has 0 unspecified atom stereocenters. The van der Waals surface area contributed by atoms with Crippen molar-refractivity contribution in [2.24, 2.45) is 5.10 Å². The number of rotatable bonds is 6. The van der Waals surface area contributed by atoms with Crippen molar-refractivity contribution in [2.75, 3.05) is 5.43 Å². The standard InChI is InChI=1S/C18H16Cl2N6O4/c1-8(2)11-3-9(24-26-16(11)27)4-12-13(19)5-10(6-14(12)20)23-25-15(7-21)17(28)22-18(29)30/h3,5-6,8,23H,4H2,1-2H3,(H,22,28)(H,26,27)(H,29,30). The van der Waals surface area contributed by atoms with Gasteiger partial charge in [0.25, 0.3) is 11.5 Å². The molecule has 1 aromatic heterocycles. The molecule has 4 N–H and O–H groups in total. The first-order valence-corrected chi connectivity index (χ1v) is 9.22. The fraction of sp³-hybridized carbons (Fsp3) is 0.222. The lowest BCUT2D eigenvalue weighted by molar-refractivity contribution is -0.114. The largest absolute Gasteiger partial charge is 0.465 e. The van der Waals surface area contributed by atoms with Crippen LogP contribution < -0.4 is 16.3 Å². The van der Waals surface area contributed by atoms with E-state index in [2.05, 4.69) is 20.7 Å². The lowest BCUT2D eigenvalue weighted by Gasteiger charge is -2.11. The van der Waals surface area contributed by atoms with E-state index < -0.39 is 17.7 Å². The Kier molecular flexibility index (Phi) is 7.52. The molecule has 12 heteroatoms. The summed E-state index contributed by atoms with van der Waals surface area (Å²) in [6.07, 6.45) is -1.36. The lowest BCUT2D eigenvalue weighted by atomic mass is 10.0. The molecule has 0 fully saturated rings. The van der Waals surface area contributed by atoms with Gasteiger partial charge in [-0.15, -0.1) is 0 Å². The molecule has 1 aromatic carbocycles. The Balaban J connectivity index is 2.26. The predicted molar refractivity (Wildman–Crippen MR) is 111 cm³/mol. The topological polar surface area (TPSA) is 160 Å². The zero-order valence-electron chi connectivity index (χ0n) is 15.8. The number of nitrogens with one attached hydrogen (secondary N) is 3. The minimum atomic E-state index is -1.62. The Hall–Kier alpha value is -3.42. The molecule has 0 saturated heterocycles. The van der Waals surface area contributed by atoms with Crippen molar-refractivity contribution in [3.8, 4) is 6.07 Å². The van der Waals surface area contributed by atoms with Crippen LogP contribution in [0.25, 0.3) is 0 Å². The maximum Gasteiger partial charge on any atom is 0.411 e. The molecule has 156 valence electrons. The van der Waals surface area contributed by atoms with E-state index in [0.717, 1.165) is 0 Å². The number of halogens is 2. The van der Waals surface area contributed by atoms with Crippen molar-refractivity contribution < 1.29 is 14.7 Å². The Bertz CT molecular complexity index is 1100. The molecule has 10 nitrogen and oxygen atoms in total. The summed E-state index contributed by atoms with van der Waals surface area (Å²) in [5.74, 6) is -1.17. The van der Waals surface area contributed by atoms with E-state index in [4.69, 9.17) is 33.6 Å². The summed E-state index contributed by atoms with van der Waals surface area (Å²) < 4.78 is 0.